The number of hydrogen-bond acceptors (Lipinski definition) is 3. The average Bonchev–Trinajstić information content (AvgIpc) is 3.09. The summed E-state index contributed by atoms with van der Waals surface area (Å²) in [5.74, 6) is 0. The van der Waals surface area contributed by atoms with E-state index in [-0.39, 0.29) is 0 Å². The summed E-state index contributed by atoms with van der Waals surface area (Å²) in [7, 11) is 3.25. The molecule has 17 heavy (non-hydrogen) atoms. The average molecular weight is 239 g/mol. The van der Waals surface area contributed by atoms with Crippen LogP contribution in [0.5, 0.6) is 0 Å². The lowest BCUT2D eigenvalue weighted by atomic mass is 10.2. The summed E-state index contributed by atoms with van der Waals surface area (Å²) in [6, 6.07) is 7.79. The number of aryl methyl sites for hydroxylation is 1. The molecular formula is C14H25NO2. The van der Waals surface area contributed by atoms with Gasteiger partial charge in [-0.25, -0.2) is 0 Å². The van der Waals surface area contributed by atoms with Crippen molar-refractivity contribution in [2.75, 3.05) is 26.6 Å². The van der Waals surface area contributed by atoms with Gasteiger partial charge in [0.15, 0.2) is 0 Å². The minimum atomic E-state index is 0.648. The third-order valence-electron chi connectivity index (χ3n) is 2.09. The Labute approximate surface area is 105 Å². The fraction of sp³-hybridized carbons (Fsp3) is 0.571. The first-order valence-corrected chi connectivity index (χ1v) is 5.97. The molecule has 1 fully saturated rings. The number of benzene rings is 1. The van der Waals surface area contributed by atoms with Gasteiger partial charge in [0.05, 0.1) is 12.7 Å². The van der Waals surface area contributed by atoms with E-state index in [9.17, 15) is 0 Å². The summed E-state index contributed by atoms with van der Waals surface area (Å²) in [5.41, 5.74) is 7.51. The smallest absolute Gasteiger partial charge is 0.0809 e. The third-order valence-corrected chi connectivity index (χ3v) is 2.09. The van der Waals surface area contributed by atoms with Gasteiger partial charge in [-0.3, -0.25) is 0 Å². The van der Waals surface area contributed by atoms with Crippen molar-refractivity contribution in [3.05, 3.63) is 29.8 Å². The Bertz CT molecular complexity index is 247. The van der Waals surface area contributed by atoms with E-state index in [0.29, 0.717) is 6.10 Å². The lowest BCUT2D eigenvalue weighted by Gasteiger charge is -1.90. The van der Waals surface area contributed by atoms with Gasteiger partial charge in [0.25, 0.3) is 0 Å². The summed E-state index contributed by atoms with van der Waals surface area (Å²) in [6.45, 7) is 5.24. The van der Waals surface area contributed by atoms with Crippen LogP contribution in [0.1, 0.15) is 25.3 Å². The van der Waals surface area contributed by atoms with Crippen LogP contribution in [-0.4, -0.2) is 26.9 Å². The van der Waals surface area contributed by atoms with Gasteiger partial charge in [-0.15, -0.1) is 0 Å². The summed E-state index contributed by atoms with van der Waals surface area (Å²) < 4.78 is 9.20. The molecular weight excluding hydrogens is 214 g/mol. The van der Waals surface area contributed by atoms with Crippen molar-refractivity contribution in [2.45, 2.75) is 32.8 Å². The summed E-state index contributed by atoms with van der Waals surface area (Å²) in [4.78, 5) is 0. The predicted octanol–water partition coefficient (Wildman–Crippen LogP) is 3.03. The van der Waals surface area contributed by atoms with Gasteiger partial charge in [-0.05, 0) is 25.5 Å². The minimum absolute atomic E-state index is 0.648. The highest BCUT2D eigenvalue weighted by Crippen LogP contribution is 2.14. The Balaban J connectivity index is 0.000000252. The van der Waals surface area contributed by atoms with E-state index >= 15 is 0 Å². The Morgan fingerprint density at radius 3 is 2.00 bits per heavy atom. The molecule has 1 aromatic carbocycles. The largest absolute Gasteiger partial charge is 0.399 e. The standard InChI is InChI=1S/C7H9N.C5H10O.C2H6O/c1-6-2-4-7(8)5-3-6;1-2-3-5-4-6-5;1-3-2/h2-5H,8H2,1H3;5H,2-4H2,1H3;1-2H3. The second-order valence-corrected chi connectivity index (χ2v) is 4.06. The molecule has 0 bridgehead atoms. The lowest BCUT2D eigenvalue weighted by Crippen LogP contribution is -1.81. The second kappa shape index (κ2) is 10.1. The van der Waals surface area contributed by atoms with E-state index in [4.69, 9.17) is 10.5 Å². The monoisotopic (exact) mass is 239 g/mol. The third kappa shape index (κ3) is 11.2. The molecule has 0 radical (unpaired) electrons. The quantitative estimate of drug-likeness (QED) is 0.637. The highest BCUT2D eigenvalue weighted by Gasteiger charge is 2.19. The first-order valence-electron chi connectivity index (χ1n) is 5.97. The van der Waals surface area contributed by atoms with Gasteiger partial charge < -0.3 is 15.2 Å². The van der Waals surface area contributed by atoms with Crippen LogP contribution in [-0.2, 0) is 9.47 Å². The number of epoxide rings is 1. The molecule has 0 aromatic heterocycles. The number of ether oxygens (including phenoxy) is 2. The molecule has 1 atom stereocenters. The van der Waals surface area contributed by atoms with Gasteiger partial charge in [0.1, 0.15) is 0 Å². The summed E-state index contributed by atoms with van der Waals surface area (Å²) >= 11 is 0. The molecule has 2 rings (SSSR count). The van der Waals surface area contributed by atoms with E-state index in [2.05, 4.69) is 11.7 Å². The summed E-state index contributed by atoms with van der Waals surface area (Å²) in [5, 5.41) is 0. The SMILES string of the molecule is CCCC1CO1.COC.Cc1ccc(N)cc1. The van der Waals surface area contributed by atoms with Crippen LogP contribution in [0, 0.1) is 6.92 Å². The van der Waals surface area contributed by atoms with Gasteiger partial charge in [-0.2, -0.15) is 0 Å². The Kier molecular flexibility index (Phi) is 9.49. The van der Waals surface area contributed by atoms with Gasteiger partial charge >= 0.3 is 0 Å². The van der Waals surface area contributed by atoms with Crippen molar-refractivity contribution < 1.29 is 9.47 Å². The molecule has 3 nitrogen and oxygen atoms in total. The van der Waals surface area contributed by atoms with Crippen LogP contribution in [0.25, 0.3) is 0 Å². The maximum Gasteiger partial charge on any atom is 0.0809 e. The number of methoxy groups -OCH3 is 1. The molecule has 3 heteroatoms. The zero-order valence-corrected chi connectivity index (χ0v) is 11.4. The molecule has 1 unspecified atom stereocenters. The van der Waals surface area contributed by atoms with Gasteiger partial charge in [0, 0.05) is 19.9 Å². The molecule has 0 amide bonds. The topological polar surface area (TPSA) is 47.8 Å². The molecule has 1 aromatic rings. The maximum atomic E-state index is 5.43. The van der Waals surface area contributed by atoms with Gasteiger partial charge in [-0.1, -0.05) is 31.0 Å². The molecule has 0 saturated carbocycles. The fourth-order valence-corrected chi connectivity index (χ4v) is 1.12. The predicted molar refractivity (Wildman–Crippen MR) is 73.2 cm³/mol. The summed E-state index contributed by atoms with van der Waals surface area (Å²) in [6.07, 6.45) is 3.18. The first-order chi connectivity index (χ1) is 8.13. The number of anilines is 1. The lowest BCUT2D eigenvalue weighted by molar-refractivity contribution is 0.277. The van der Waals surface area contributed by atoms with Crippen molar-refractivity contribution >= 4 is 5.69 Å². The molecule has 98 valence electrons. The Morgan fingerprint density at radius 1 is 1.29 bits per heavy atom. The van der Waals surface area contributed by atoms with E-state index in [1.54, 1.807) is 14.2 Å². The van der Waals surface area contributed by atoms with E-state index in [0.717, 1.165) is 12.3 Å². The molecule has 1 saturated heterocycles. The highest BCUT2D eigenvalue weighted by molar-refractivity contribution is 5.38. The molecule has 1 heterocycles. The second-order valence-electron chi connectivity index (χ2n) is 4.06. The van der Waals surface area contributed by atoms with E-state index in [1.165, 1.54) is 18.4 Å². The molecule has 0 aliphatic carbocycles. The molecule has 2 N–H and O–H groups in total. The highest BCUT2D eigenvalue weighted by atomic mass is 16.6. The van der Waals surface area contributed by atoms with Crippen LogP contribution in [0.4, 0.5) is 5.69 Å². The maximum absolute atomic E-state index is 5.43. The number of hydrogen-bond donors (Lipinski definition) is 1. The van der Waals surface area contributed by atoms with E-state index < -0.39 is 0 Å². The number of rotatable bonds is 2. The fourth-order valence-electron chi connectivity index (χ4n) is 1.12. The van der Waals surface area contributed by atoms with Crippen molar-refractivity contribution in [3.8, 4) is 0 Å². The molecule has 1 aliphatic rings. The van der Waals surface area contributed by atoms with Crippen molar-refractivity contribution in [1.29, 1.82) is 0 Å². The number of nitrogen functional groups attached to an aromatic ring is 1. The normalized spacial score (nSPS) is 16.1. The van der Waals surface area contributed by atoms with Crippen LogP contribution >= 0.6 is 0 Å². The first kappa shape index (κ1) is 15.9. The van der Waals surface area contributed by atoms with Crippen molar-refractivity contribution in [2.24, 2.45) is 0 Å². The van der Waals surface area contributed by atoms with Crippen molar-refractivity contribution in [3.63, 3.8) is 0 Å². The van der Waals surface area contributed by atoms with Crippen LogP contribution in [0.3, 0.4) is 0 Å². The minimum Gasteiger partial charge on any atom is -0.399 e. The van der Waals surface area contributed by atoms with Crippen LogP contribution in [0.15, 0.2) is 24.3 Å². The zero-order valence-electron chi connectivity index (χ0n) is 11.4. The van der Waals surface area contributed by atoms with E-state index in [1.807, 2.05) is 31.2 Å². The van der Waals surface area contributed by atoms with Crippen LogP contribution in [0.2, 0.25) is 0 Å². The number of nitrogens with two attached hydrogens (primary N) is 1. The zero-order chi connectivity index (χ0) is 13.1. The molecule has 1 aliphatic heterocycles. The molecule has 0 spiro atoms. The van der Waals surface area contributed by atoms with Crippen molar-refractivity contribution in [1.82, 2.24) is 0 Å². The van der Waals surface area contributed by atoms with Gasteiger partial charge in [0.2, 0.25) is 0 Å². The van der Waals surface area contributed by atoms with Crippen LogP contribution < -0.4 is 5.73 Å². The Morgan fingerprint density at radius 2 is 1.76 bits per heavy atom. The Hall–Kier alpha value is -1.06.